The van der Waals surface area contributed by atoms with Crippen molar-refractivity contribution in [2.45, 2.75) is 11.4 Å². The van der Waals surface area contributed by atoms with Crippen LogP contribution in [0.3, 0.4) is 0 Å². The molecule has 2 aromatic carbocycles. The summed E-state index contributed by atoms with van der Waals surface area (Å²) in [6.07, 6.45) is 6.09. The Morgan fingerprint density at radius 1 is 0.902 bits per heavy atom. The molecule has 0 saturated carbocycles. The number of nitrogens with two attached hydrogens (primary N) is 1. The van der Waals surface area contributed by atoms with Crippen LogP contribution in [0.5, 0.6) is 0 Å². The van der Waals surface area contributed by atoms with Gasteiger partial charge in [-0.1, -0.05) is 41.9 Å². The molecule has 12 heteroatoms. The standard InChI is InChI=1S/C29H22ClN7O3S/c30-25-15-33-29(34-21-12-13-26(38)36(17-21)16-19-8-10-20(31)11-9-19)35-27(25)24-18-37(28-23(24)7-4-14-32-28)41(39,40)22-5-2-1-3-6-22/h1-15,17-18H,16,31H2,(H,33,34,35). The fraction of sp³-hybridized carbons (Fsp3) is 0.0345. The average molecular weight is 584 g/mol. The molecular weight excluding hydrogens is 562 g/mol. The molecule has 6 aromatic rings. The maximum Gasteiger partial charge on any atom is 0.269 e. The number of benzene rings is 2. The van der Waals surface area contributed by atoms with Gasteiger partial charge in [-0.15, -0.1) is 0 Å². The summed E-state index contributed by atoms with van der Waals surface area (Å²) >= 11 is 6.54. The number of rotatable bonds is 7. The third-order valence-electron chi connectivity index (χ3n) is 6.40. The van der Waals surface area contributed by atoms with Crippen molar-refractivity contribution in [2.24, 2.45) is 0 Å². The van der Waals surface area contributed by atoms with Crippen LogP contribution in [-0.2, 0) is 16.6 Å². The number of hydrogen-bond donors (Lipinski definition) is 2. The molecule has 10 nitrogen and oxygen atoms in total. The Balaban J connectivity index is 1.37. The van der Waals surface area contributed by atoms with Gasteiger partial charge in [0, 0.05) is 41.3 Å². The maximum absolute atomic E-state index is 13.5. The molecule has 0 bridgehead atoms. The van der Waals surface area contributed by atoms with Gasteiger partial charge in [0.15, 0.2) is 5.65 Å². The molecular formula is C29H22ClN7O3S. The summed E-state index contributed by atoms with van der Waals surface area (Å²) in [5.41, 5.74) is 8.75. The van der Waals surface area contributed by atoms with Gasteiger partial charge in [0.1, 0.15) is 0 Å². The second-order valence-electron chi connectivity index (χ2n) is 9.17. The zero-order valence-corrected chi connectivity index (χ0v) is 22.9. The summed E-state index contributed by atoms with van der Waals surface area (Å²) in [4.78, 5) is 25.9. The van der Waals surface area contributed by atoms with Crippen LogP contribution in [0.15, 0.2) is 113 Å². The maximum atomic E-state index is 13.5. The number of nitrogen functional groups attached to an aromatic ring is 1. The number of halogens is 1. The molecule has 3 N–H and O–H groups in total. The lowest BCUT2D eigenvalue weighted by atomic mass is 10.1. The number of anilines is 3. The van der Waals surface area contributed by atoms with E-state index in [0.29, 0.717) is 34.6 Å². The molecule has 0 aliphatic carbocycles. The van der Waals surface area contributed by atoms with Crippen molar-refractivity contribution in [3.8, 4) is 11.3 Å². The van der Waals surface area contributed by atoms with Gasteiger partial charge >= 0.3 is 0 Å². The number of aromatic nitrogens is 5. The molecule has 0 aliphatic heterocycles. The van der Waals surface area contributed by atoms with Crippen LogP contribution in [-0.4, -0.2) is 31.9 Å². The molecule has 0 fully saturated rings. The SMILES string of the molecule is Nc1ccc(Cn2cc(Nc3ncc(Cl)c(-c4cn(S(=O)(=O)c5ccccc5)c5ncccc45)n3)ccc2=O)cc1. The predicted molar refractivity (Wildman–Crippen MR) is 159 cm³/mol. The van der Waals surface area contributed by atoms with Crippen LogP contribution in [0.4, 0.5) is 17.3 Å². The minimum atomic E-state index is -3.95. The van der Waals surface area contributed by atoms with Crippen LogP contribution in [0, 0.1) is 0 Å². The van der Waals surface area contributed by atoms with E-state index in [9.17, 15) is 13.2 Å². The Hall–Kier alpha value is -5.00. The van der Waals surface area contributed by atoms with Crippen molar-refractivity contribution in [3.63, 3.8) is 0 Å². The Kier molecular flexibility index (Phi) is 6.73. The molecule has 0 aliphatic rings. The monoisotopic (exact) mass is 583 g/mol. The minimum Gasteiger partial charge on any atom is -0.399 e. The number of nitrogens with zero attached hydrogens (tertiary/aromatic N) is 5. The quantitative estimate of drug-likeness (QED) is 0.253. The topological polar surface area (TPSA) is 138 Å². The number of pyridine rings is 2. The third kappa shape index (κ3) is 5.15. The first-order valence-electron chi connectivity index (χ1n) is 12.4. The Morgan fingerprint density at radius 3 is 2.46 bits per heavy atom. The van der Waals surface area contributed by atoms with Crippen molar-refractivity contribution in [2.75, 3.05) is 11.1 Å². The van der Waals surface area contributed by atoms with Crippen LogP contribution in [0.2, 0.25) is 5.02 Å². The van der Waals surface area contributed by atoms with Crippen molar-refractivity contribution in [3.05, 3.63) is 125 Å². The second kappa shape index (κ2) is 10.5. The van der Waals surface area contributed by atoms with E-state index >= 15 is 0 Å². The lowest BCUT2D eigenvalue weighted by molar-refractivity contribution is 0.589. The van der Waals surface area contributed by atoms with Gasteiger partial charge in [0.2, 0.25) is 5.95 Å². The summed E-state index contributed by atoms with van der Waals surface area (Å²) in [5, 5.41) is 3.89. The molecule has 204 valence electrons. The van der Waals surface area contributed by atoms with Gasteiger partial charge in [0.25, 0.3) is 15.6 Å². The second-order valence-corrected chi connectivity index (χ2v) is 11.4. The van der Waals surface area contributed by atoms with Crippen molar-refractivity contribution in [1.29, 1.82) is 0 Å². The van der Waals surface area contributed by atoms with Gasteiger partial charge in [-0.25, -0.2) is 27.3 Å². The highest BCUT2D eigenvalue weighted by Crippen LogP contribution is 2.35. The van der Waals surface area contributed by atoms with E-state index in [4.69, 9.17) is 17.3 Å². The van der Waals surface area contributed by atoms with Crippen LogP contribution >= 0.6 is 11.6 Å². The molecule has 4 aromatic heterocycles. The Morgan fingerprint density at radius 2 is 1.68 bits per heavy atom. The van der Waals surface area contributed by atoms with Gasteiger partial charge in [-0.05, 0) is 48.0 Å². The Labute approximate surface area is 239 Å². The van der Waals surface area contributed by atoms with Crippen LogP contribution in [0.25, 0.3) is 22.3 Å². The zero-order valence-electron chi connectivity index (χ0n) is 21.3. The molecule has 6 rings (SSSR count). The summed E-state index contributed by atoms with van der Waals surface area (Å²) in [6, 6.07) is 21.9. The molecule has 0 spiro atoms. The first-order valence-corrected chi connectivity index (χ1v) is 14.2. The predicted octanol–water partition coefficient (Wildman–Crippen LogP) is 4.92. The number of nitrogens with one attached hydrogen (secondary N) is 1. The smallest absolute Gasteiger partial charge is 0.269 e. The van der Waals surface area contributed by atoms with E-state index in [2.05, 4.69) is 20.3 Å². The summed E-state index contributed by atoms with van der Waals surface area (Å²) in [7, 11) is -3.95. The molecule has 0 saturated heterocycles. The average Bonchev–Trinajstić information content (AvgIpc) is 3.38. The van der Waals surface area contributed by atoms with Crippen molar-refractivity contribution < 1.29 is 8.42 Å². The van der Waals surface area contributed by atoms with Gasteiger partial charge in [-0.3, -0.25) is 4.79 Å². The van der Waals surface area contributed by atoms with Crippen LogP contribution < -0.4 is 16.6 Å². The fourth-order valence-corrected chi connectivity index (χ4v) is 5.94. The Bertz CT molecular complexity index is 2060. The first-order chi connectivity index (χ1) is 19.8. The van der Waals surface area contributed by atoms with E-state index in [0.717, 1.165) is 9.54 Å². The lowest BCUT2D eigenvalue weighted by Gasteiger charge is -2.11. The van der Waals surface area contributed by atoms with Crippen molar-refractivity contribution in [1.82, 2.24) is 23.5 Å². The number of hydrogen-bond acceptors (Lipinski definition) is 8. The van der Waals surface area contributed by atoms with Crippen molar-refractivity contribution >= 4 is 50.0 Å². The van der Waals surface area contributed by atoms with E-state index in [1.807, 2.05) is 12.1 Å². The molecule has 0 unspecified atom stereocenters. The molecule has 0 radical (unpaired) electrons. The molecule has 4 heterocycles. The highest BCUT2D eigenvalue weighted by Gasteiger charge is 2.24. The summed E-state index contributed by atoms with van der Waals surface area (Å²) < 4.78 is 29.7. The minimum absolute atomic E-state index is 0.124. The van der Waals surface area contributed by atoms with E-state index in [1.165, 1.54) is 36.8 Å². The largest absolute Gasteiger partial charge is 0.399 e. The van der Waals surface area contributed by atoms with E-state index in [-0.39, 0.29) is 27.1 Å². The fourth-order valence-electron chi connectivity index (χ4n) is 4.40. The molecule has 0 amide bonds. The highest BCUT2D eigenvalue weighted by molar-refractivity contribution is 7.90. The third-order valence-corrected chi connectivity index (χ3v) is 8.34. The highest BCUT2D eigenvalue weighted by atomic mass is 35.5. The summed E-state index contributed by atoms with van der Waals surface area (Å²) in [5.74, 6) is 0.206. The zero-order chi connectivity index (χ0) is 28.6. The van der Waals surface area contributed by atoms with Crippen LogP contribution in [0.1, 0.15) is 5.56 Å². The lowest BCUT2D eigenvalue weighted by Crippen LogP contribution is -2.19. The normalized spacial score (nSPS) is 11.5. The first kappa shape index (κ1) is 26.2. The molecule has 0 atom stereocenters. The van der Waals surface area contributed by atoms with E-state index < -0.39 is 10.0 Å². The van der Waals surface area contributed by atoms with Gasteiger partial charge in [-0.2, -0.15) is 0 Å². The van der Waals surface area contributed by atoms with Gasteiger partial charge < -0.3 is 15.6 Å². The number of fused-ring (bicyclic) bond motifs is 1. The van der Waals surface area contributed by atoms with E-state index in [1.54, 1.807) is 59.3 Å². The summed E-state index contributed by atoms with van der Waals surface area (Å²) in [6.45, 7) is 0.351. The van der Waals surface area contributed by atoms with Gasteiger partial charge in [0.05, 0.1) is 34.0 Å². The molecule has 41 heavy (non-hydrogen) atoms.